The molecule has 1 aliphatic rings. The fourth-order valence-electron chi connectivity index (χ4n) is 4.19. The van der Waals surface area contributed by atoms with Gasteiger partial charge in [0.25, 0.3) is 0 Å². The number of fused-ring (bicyclic) bond motifs is 1. The summed E-state index contributed by atoms with van der Waals surface area (Å²) in [4.78, 5) is 43.3. The molecule has 214 valence electrons. The van der Waals surface area contributed by atoms with Crippen molar-refractivity contribution in [3.63, 3.8) is 0 Å². The zero-order chi connectivity index (χ0) is 29.3. The quantitative estimate of drug-likeness (QED) is 0.533. The molecular weight excluding hydrogens is 523 g/mol. The van der Waals surface area contributed by atoms with Crippen molar-refractivity contribution < 1.29 is 46.9 Å². The number of hydrogen-bond acceptors (Lipinski definition) is 7. The molecule has 1 fully saturated rings. The van der Waals surface area contributed by atoms with Crippen molar-refractivity contribution >= 4 is 28.7 Å². The molecule has 1 aromatic carbocycles. The van der Waals surface area contributed by atoms with Crippen LogP contribution in [0.3, 0.4) is 0 Å². The summed E-state index contributed by atoms with van der Waals surface area (Å²) >= 11 is 0. The summed E-state index contributed by atoms with van der Waals surface area (Å²) in [5, 5.41) is 13.2. The van der Waals surface area contributed by atoms with Gasteiger partial charge in [-0.05, 0) is 44.4 Å². The van der Waals surface area contributed by atoms with E-state index in [2.05, 4.69) is 15.0 Å². The Hall–Kier alpha value is -3.77. The molecule has 0 saturated carbocycles. The van der Waals surface area contributed by atoms with E-state index in [4.69, 9.17) is 9.47 Å². The van der Waals surface area contributed by atoms with Crippen LogP contribution in [0, 0.1) is 5.41 Å². The van der Waals surface area contributed by atoms with Gasteiger partial charge in [0.15, 0.2) is 0 Å². The van der Waals surface area contributed by atoms with Gasteiger partial charge in [-0.2, -0.15) is 0 Å². The molecule has 39 heavy (non-hydrogen) atoms. The number of carbonyl (C=O) groups is 3. The first kappa shape index (κ1) is 29.8. The number of nitrogens with zero attached hydrogens (tertiary/aromatic N) is 2. The molecule has 0 radical (unpaired) electrons. The maximum absolute atomic E-state index is 13.6. The number of amides is 2. The second-order valence-corrected chi connectivity index (χ2v) is 11.3. The molecule has 0 bridgehead atoms. The van der Waals surface area contributed by atoms with Crippen LogP contribution in [-0.2, 0) is 14.3 Å². The average Bonchev–Trinajstić information content (AvgIpc) is 3.19. The van der Waals surface area contributed by atoms with Crippen molar-refractivity contribution in [1.29, 1.82) is 0 Å². The predicted molar refractivity (Wildman–Crippen MR) is 133 cm³/mol. The molecule has 1 aromatic heterocycles. The molecule has 2 N–H and O–H groups in total. The zero-order valence-electron chi connectivity index (χ0n) is 22.5. The molecule has 0 aliphatic carbocycles. The van der Waals surface area contributed by atoms with Crippen molar-refractivity contribution in [2.45, 2.75) is 78.1 Å². The summed E-state index contributed by atoms with van der Waals surface area (Å²) in [6.07, 6.45) is -3.91. The van der Waals surface area contributed by atoms with Crippen LogP contribution < -0.4 is 14.8 Å². The second kappa shape index (κ2) is 10.8. The first-order valence-corrected chi connectivity index (χ1v) is 12.2. The number of nitrogens with one attached hydrogen (secondary N) is 1. The number of hydrogen-bond donors (Lipinski definition) is 2. The number of aliphatic carboxylic acids is 1. The van der Waals surface area contributed by atoms with Gasteiger partial charge in [0.05, 0.1) is 12.7 Å². The number of carboxylic acids is 1. The number of likely N-dealkylation sites (tertiary alicyclic amines) is 1. The van der Waals surface area contributed by atoms with Crippen LogP contribution in [0.4, 0.5) is 18.0 Å². The van der Waals surface area contributed by atoms with Crippen LogP contribution >= 0.6 is 0 Å². The van der Waals surface area contributed by atoms with Gasteiger partial charge in [-0.1, -0.05) is 20.8 Å². The highest BCUT2D eigenvalue weighted by Crippen LogP contribution is 2.34. The second-order valence-electron chi connectivity index (χ2n) is 11.3. The van der Waals surface area contributed by atoms with Crippen molar-refractivity contribution in [1.82, 2.24) is 15.2 Å². The van der Waals surface area contributed by atoms with Crippen LogP contribution in [0.15, 0.2) is 30.6 Å². The minimum Gasteiger partial charge on any atom is -0.486 e. The molecule has 1 aliphatic heterocycles. The minimum absolute atomic E-state index is 0.0977. The van der Waals surface area contributed by atoms with Gasteiger partial charge in [0.1, 0.15) is 35.3 Å². The lowest BCUT2D eigenvalue weighted by atomic mass is 9.85. The first-order chi connectivity index (χ1) is 17.8. The summed E-state index contributed by atoms with van der Waals surface area (Å²) in [6, 6.07) is 1.29. The Labute approximate surface area is 223 Å². The standard InChI is InChI=1S/C26H32F3N3O7/c1-24(2,3)20(31-23(36)39-25(4,5)6)21(33)32-13-16(10-18(32)22(34)35)37-19-12-30-11-14-7-8-15(9-17(14)19)38-26(27,28)29/h7-9,11-12,16,18,20H,10,13H2,1-6H3,(H,31,36)(H,34,35). The highest BCUT2D eigenvalue weighted by Gasteiger charge is 2.46. The topological polar surface area (TPSA) is 127 Å². The number of halogens is 3. The Balaban J connectivity index is 1.86. The maximum atomic E-state index is 13.6. The van der Waals surface area contributed by atoms with E-state index in [0.717, 1.165) is 17.0 Å². The lowest BCUT2D eigenvalue weighted by Crippen LogP contribution is -2.57. The number of rotatable bonds is 6. The van der Waals surface area contributed by atoms with E-state index in [-0.39, 0.29) is 24.1 Å². The van der Waals surface area contributed by atoms with E-state index in [9.17, 15) is 32.7 Å². The Bertz CT molecular complexity index is 1240. The summed E-state index contributed by atoms with van der Waals surface area (Å²) in [5.74, 6) is -2.26. The molecule has 10 nitrogen and oxygen atoms in total. The van der Waals surface area contributed by atoms with Crippen LogP contribution in [-0.4, -0.2) is 69.7 Å². The summed E-state index contributed by atoms with van der Waals surface area (Å²) in [7, 11) is 0. The van der Waals surface area contributed by atoms with Gasteiger partial charge in [-0.25, -0.2) is 9.59 Å². The van der Waals surface area contributed by atoms with Crippen molar-refractivity contribution in [3.8, 4) is 11.5 Å². The molecule has 1 saturated heterocycles. The molecule has 3 rings (SSSR count). The van der Waals surface area contributed by atoms with Gasteiger partial charge >= 0.3 is 18.4 Å². The van der Waals surface area contributed by atoms with Crippen molar-refractivity contribution in [3.05, 3.63) is 30.6 Å². The summed E-state index contributed by atoms with van der Waals surface area (Å²) in [6.45, 7) is 10.0. The van der Waals surface area contributed by atoms with Gasteiger partial charge in [0.2, 0.25) is 5.91 Å². The minimum atomic E-state index is -4.89. The van der Waals surface area contributed by atoms with Crippen molar-refractivity contribution in [2.24, 2.45) is 5.41 Å². The fraction of sp³-hybridized carbons (Fsp3) is 0.538. The van der Waals surface area contributed by atoms with E-state index in [1.165, 1.54) is 18.5 Å². The SMILES string of the molecule is CC(C)(C)OC(=O)NC(C(=O)N1CC(Oc2cncc3ccc(OC(F)(F)F)cc23)CC1C(=O)O)C(C)(C)C. The van der Waals surface area contributed by atoms with Gasteiger partial charge < -0.3 is 29.5 Å². The maximum Gasteiger partial charge on any atom is 0.573 e. The third-order valence-electron chi connectivity index (χ3n) is 5.83. The number of pyridine rings is 1. The average molecular weight is 556 g/mol. The number of carboxylic acid groups (broad SMARTS) is 1. The summed E-state index contributed by atoms with van der Waals surface area (Å²) < 4.78 is 53.4. The molecule has 3 atom stereocenters. The fourth-order valence-corrected chi connectivity index (χ4v) is 4.19. The number of aromatic nitrogens is 1. The van der Waals surface area contributed by atoms with Gasteiger partial charge in [0, 0.05) is 23.4 Å². The highest BCUT2D eigenvalue weighted by molar-refractivity contribution is 5.91. The molecule has 2 amide bonds. The third-order valence-corrected chi connectivity index (χ3v) is 5.83. The van der Waals surface area contributed by atoms with E-state index in [0.29, 0.717) is 5.39 Å². The Morgan fingerprint density at radius 2 is 1.77 bits per heavy atom. The normalized spacial score (nSPS) is 18.9. The predicted octanol–water partition coefficient (Wildman–Crippen LogP) is 4.51. The van der Waals surface area contributed by atoms with E-state index in [1.54, 1.807) is 41.5 Å². The molecule has 0 spiro atoms. The molecule has 13 heteroatoms. The van der Waals surface area contributed by atoms with Crippen LogP contribution in [0.25, 0.3) is 10.8 Å². The number of alkyl carbamates (subject to hydrolysis) is 1. The molecule has 2 aromatic rings. The highest BCUT2D eigenvalue weighted by atomic mass is 19.4. The Morgan fingerprint density at radius 1 is 1.10 bits per heavy atom. The Morgan fingerprint density at radius 3 is 2.33 bits per heavy atom. The number of benzene rings is 1. The van der Waals surface area contributed by atoms with Crippen LogP contribution in [0.2, 0.25) is 0 Å². The van der Waals surface area contributed by atoms with Gasteiger partial charge in [-0.3, -0.25) is 9.78 Å². The third kappa shape index (κ3) is 7.87. The smallest absolute Gasteiger partial charge is 0.486 e. The van der Waals surface area contributed by atoms with Crippen LogP contribution in [0.1, 0.15) is 48.0 Å². The van der Waals surface area contributed by atoms with Crippen LogP contribution in [0.5, 0.6) is 11.5 Å². The number of carbonyl (C=O) groups excluding carboxylic acids is 2. The lowest BCUT2D eigenvalue weighted by molar-refractivity contribution is -0.274. The lowest BCUT2D eigenvalue weighted by Gasteiger charge is -2.35. The largest absolute Gasteiger partial charge is 0.573 e. The molecule has 2 heterocycles. The first-order valence-electron chi connectivity index (χ1n) is 12.2. The van der Waals surface area contributed by atoms with E-state index < -0.39 is 59.3 Å². The summed E-state index contributed by atoms with van der Waals surface area (Å²) in [5.41, 5.74) is -1.62. The monoisotopic (exact) mass is 555 g/mol. The Kier molecular flexibility index (Phi) is 8.23. The number of alkyl halides is 3. The number of ether oxygens (including phenoxy) is 3. The zero-order valence-corrected chi connectivity index (χ0v) is 22.5. The molecule has 3 unspecified atom stereocenters. The van der Waals surface area contributed by atoms with E-state index in [1.807, 2.05) is 0 Å². The van der Waals surface area contributed by atoms with Crippen molar-refractivity contribution in [2.75, 3.05) is 6.54 Å². The molecular formula is C26H32F3N3O7. The van der Waals surface area contributed by atoms with E-state index >= 15 is 0 Å². The van der Waals surface area contributed by atoms with Gasteiger partial charge in [-0.15, -0.1) is 13.2 Å².